The minimum Gasteiger partial charge on any atom is -0.322 e. The Balaban J connectivity index is 1.69. The molecule has 2 N–H and O–H groups in total. The van der Waals surface area contributed by atoms with Crippen molar-refractivity contribution in [2.24, 2.45) is 0 Å². The van der Waals surface area contributed by atoms with Crippen molar-refractivity contribution in [3.63, 3.8) is 0 Å². The first-order valence-electron chi connectivity index (χ1n) is 9.95. The first kappa shape index (κ1) is 20.6. The summed E-state index contributed by atoms with van der Waals surface area (Å²) in [6.45, 7) is 3.89. The number of thiophene rings is 1. The molecule has 0 atom stereocenters. The van der Waals surface area contributed by atoms with Crippen LogP contribution >= 0.6 is 11.3 Å². The number of carbonyl (C=O) groups excluding carboxylic acids is 1. The van der Waals surface area contributed by atoms with Gasteiger partial charge < -0.3 is 5.32 Å². The van der Waals surface area contributed by atoms with Crippen molar-refractivity contribution >= 4 is 38.0 Å². The van der Waals surface area contributed by atoms with Gasteiger partial charge in [0.05, 0.1) is 10.5 Å². The van der Waals surface area contributed by atoms with Gasteiger partial charge >= 0.3 is 0 Å². The highest BCUT2D eigenvalue weighted by Gasteiger charge is 2.28. The number of carbonyl (C=O) groups is 1. The molecule has 5 nitrogen and oxygen atoms in total. The quantitative estimate of drug-likeness (QED) is 0.565. The summed E-state index contributed by atoms with van der Waals surface area (Å²) in [5, 5.41) is 3.32. The molecule has 4 rings (SSSR count). The van der Waals surface area contributed by atoms with E-state index in [-0.39, 0.29) is 10.8 Å². The van der Waals surface area contributed by atoms with Crippen molar-refractivity contribution in [3.8, 4) is 0 Å². The Morgan fingerprint density at radius 3 is 2.17 bits per heavy atom. The number of anilines is 2. The molecule has 0 fully saturated rings. The molecule has 0 spiro atoms. The van der Waals surface area contributed by atoms with Crippen LogP contribution in [0.2, 0.25) is 0 Å². The third-order valence-corrected chi connectivity index (χ3v) is 7.97. The van der Waals surface area contributed by atoms with E-state index in [1.807, 2.05) is 38.1 Å². The Morgan fingerprint density at radius 1 is 0.900 bits per heavy atom. The SMILES string of the molecule is Cc1ccc(NC(=O)c2c(NS(=O)(=O)c3ccc(C)cc3)sc3c2CCCC3)cc1. The third-order valence-electron chi connectivity index (χ3n) is 5.27. The van der Waals surface area contributed by atoms with Crippen LogP contribution in [0.15, 0.2) is 53.4 Å². The summed E-state index contributed by atoms with van der Waals surface area (Å²) in [4.78, 5) is 14.5. The molecule has 1 aliphatic carbocycles. The second-order valence-corrected chi connectivity index (χ2v) is 10.4. The first-order valence-corrected chi connectivity index (χ1v) is 12.3. The normalized spacial score (nSPS) is 13.5. The minimum atomic E-state index is -3.78. The van der Waals surface area contributed by atoms with Gasteiger partial charge in [0.25, 0.3) is 15.9 Å². The summed E-state index contributed by atoms with van der Waals surface area (Å²) in [5.41, 5.74) is 4.20. The largest absolute Gasteiger partial charge is 0.322 e. The fourth-order valence-electron chi connectivity index (χ4n) is 3.61. The first-order chi connectivity index (χ1) is 14.3. The number of hydrogen-bond acceptors (Lipinski definition) is 4. The minimum absolute atomic E-state index is 0.185. The van der Waals surface area contributed by atoms with Gasteiger partial charge in [0.2, 0.25) is 0 Å². The predicted molar refractivity (Wildman–Crippen MR) is 122 cm³/mol. The van der Waals surface area contributed by atoms with Crippen molar-refractivity contribution in [1.29, 1.82) is 0 Å². The summed E-state index contributed by atoms with van der Waals surface area (Å²) in [6.07, 6.45) is 3.71. The van der Waals surface area contributed by atoms with E-state index in [0.717, 1.165) is 47.3 Å². The lowest BCUT2D eigenvalue weighted by Gasteiger charge is -2.14. The molecule has 3 aromatic rings. The highest BCUT2D eigenvalue weighted by atomic mass is 32.2. The van der Waals surface area contributed by atoms with Crippen molar-refractivity contribution in [1.82, 2.24) is 0 Å². The molecular formula is C23H24N2O3S2. The molecule has 0 saturated heterocycles. The van der Waals surface area contributed by atoms with Gasteiger partial charge in [-0.1, -0.05) is 35.4 Å². The molecule has 0 bridgehead atoms. The lowest BCUT2D eigenvalue weighted by Crippen LogP contribution is -2.19. The topological polar surface area (TPSA) is 75.3 Å². The number of fused-ring (bicyclic) bond motifs is 1. The van der Waals surface area contributed by atoms with E-state index in [0.29, 0.717) is 16.3 Å². The second-order valence-electron chi connectivity index (χ2n) is 7.65. The Hall–Kier alpha value is -2.64. The standard InChI is InChI=1S/C23H24N2O3S2/c1-15-7-11-17(12-8-15)24-22(26)21-19-5-3-4-6-20(19)29-23(21)25-30(27,28)18-13-9-16(2)10-14-18/h7-14,25H,3-6H2,1-2H3,(H,24,26). The van der Waals surface area contributed by atoms with Gasteiger partial charge in [-0.3, -0.25) is 9.52 Å². The smallest absolute Gasteiger partial charge is 0.262 e. The van der Waals surface area contributed by atoms with Gasteiger partial charge in [0.15, 0.2) is 0 Å². The molecule has 0 radical (unpaired) electrons. The van der Waals surface area contributed by atoms with Crippen LogP contribution in [-0.4, -0.2) is 14.3 Å². The Morgan fingerprint density at radius 2 is 1.50 bits per heavy atom. The fraction of sp³-hybridized carbons (Fsp3) is 0.261. The van der Waals surface area contributed by atoms with Crippen LogP contribution in [0.5, 0.6) is 0 Å². The summed E-state index contributed by atoms with van der Waals surface area (Å²) in [7, 11) is -3.78. The number of nitrogens with one attached hydrogen (secondary N) is 2. The van der Waals surface area contributed by atoms with Gasteiger partial charge in [0, 0.05) is 10.6 Å². The van der Waals surface area contributed by atoms with Crippen LogP contribution in [0, 0.1) is 13.8 Å². The van der Waals surface area contributed by atoms with Crippen molar-refractivity contribution < 1.29 is 13.2 Å². The van der Waals surface area contributed by atoms with Crippen LogP contribution < -0.4 is 10.0 Å². The van der Waals surface area contributed by atoms with Gasteiger partial charge in [0.1, 0.15) is 5.00 Å². The van der Waals surface area contributed by atoms with Crippen molar-refractivity contribution in [3.05, 3.63) is 75.7 Å². The number of hydrogen-bond donors (Lipinski definition) is 2. The number of benzene rings is 2. The van der Waals surface area contributed by atoms with Gasteiger partial charge in [-0.05, 0) is 69.4 Å². The molecule has 1 heterocycles. The molecule has 0 aliphatic heterocycles. The molecule has 0 unspecified atom stereocenters. The maximum Gasteiger partial charge on any atom is 0.262 e. The van der Waals surface area contributed by atoms with Crippen molar-refractivity contribution in [2.45, 2.75) is 44.4 Å². The lowest BCUT2D eigenvalue weighted by molar-refractivity contribution is 0.102. The Labute approximate surface area is 181 Å². The third kappa shape index (κ3) is 4.27. The van der Waals surface area contributed by atoms with E-state index < -0.39 is 10.0 Å². The molecule has 156 valence electrons. The number of amides is 1. The maximum atomic E-state index is 13.2. The summed E-state index contributed by atoms with van der Waals surface area (Å²) >= 11 is 1.38. The van der Waals surface area contributed by atoms with Crippen LogP contribution in [-0.2, 0) is 22.9 Å². The van der Waals surface area contributed by atoms with Gasteiger partial charge in [-0.15, -0.1) is 11.3 Å². The Bertz CT molecular complexity index is 1180. The number of sulfonamides is 1. The maximum absolute atomic E-state index is 13.2. The number of rotatable bonds is 5. The van der Waals surface area contributed by atoms with E-state index in [1.165, 1.54) is 11.3 Å². The molecular weight excluding hydrogens is 416 g/mol. The molecule has 0 saturated carbocycles. The van der Waals surface area contributed by atoms with E-state index >= 15 is 0 Å². The van der Waals surface area contributed by atoms with Crippen molar-refractivity contribution in [2.75, 3.05) is 10.0 Å². The van der Waals surface area contributed by atoms with E-state index in [9.17, 15) is 13.2 Å². The summed E-state index contributed by atoms with van der Waals surface area (Å²) in [6, 6.07) is 14.2. The molecule has 30 heavy (non-hydrogen) atoms. The molecule has 7 heteroatoms. The number of aryl methyl sites for hydroxylation is 3. The van der Waals surface area contributed by atoms with E-state index in [1.54, 1.807) is 24.3 Å². The average Bonchev–Trinajstić information content (AvgIpc) is 3.07. The van der Waals surface area contributed by atoms with Gasteiger partial charge in [-0.2, -0.15) is 0 Å². The second kappa shape index (κ2) is 8.24. The molecule has 2 aromatic carbocycles. The monoisotopic (exact) mass is 440 g/mol. The lowest BCUT2D eigenvalue weighted by atomic mass is 9.95. The van der Waals surface area contributed by atoms with Crippen LogP contribution in [0.3, 0.4) is 0 Å². The molecule has 1 aliphatic rings. The fourth-order valence-corrected chi connectivity index (χ4v) is 6.20. The van der Waals surface area contributed by atoms with Crippen LogP contribution in [0.25, 0.3) is 0 Å². The zero-order valence-electron chi connectivity index (χ0n) is 17.0. The summed E-state index contributed by atoms with van der Waals surface area (Å²) in [5.74, 6) is -0.278. The highest BCUT2D eigenvalue weighted by Crippen LogP contribution is 2.39. The molecule has 1 aromatic heterocycles. The Kier molecular flexibility index (Phi) is 5.66. The van der Waals surface area contributed by atoms with E-state index in [4.69, 9.17) is 0 Å². The average molecular weight is 441 g/mol. The molecule has 1 amide bonds. The van der Waals surface area contributed by atoms with Crippen LogP contribution in [0.1, 0.15) is 44.8 Å². The summed E-state index contributed by atoms with van der Waals surface area (Å²) < 4.78 is 28.6. The zero-order valence-corrected chi connectivity index (χ0v) is 18.6. The van der Waals surface area contributed by atoms with Crippen LogP contribution in [0.4, 0.5) is 10.7 Å². The van der Waals surface area contributed by atoms with Gasteiger partial charge in [-0.25, -0.2) is 8.42 Å². The highest BCUT2D eigenvalue weighted by molar-refractivity contribution is 7.93. The van der Waals surface area contributed by atoms with E-state index in [2.05, 4.69) is 10.0 Å². The predicted octanol–water partition coefficient (Wildman–Crippen LogP) is 5.30. The zero-order chi connectivity index (χ0) is 21.3.